The van der Waals surface area contributed by atoms with E-state index in [1.165, 1.54) is 23.1 Å². The zero-order valence-corrected chi connectivity index (χ0v) is 26.1. The minimum absolute atomic E-state index is 0.0763. The van der Waals surface area contributed by atoms with E-state index in [-0.39, 0.29) is 23.5 Å². The van der Waals surface area contributed by atoms with Gasteiger partial charge in [0.2, 0.25) is 11.8 Å². The van der Waals surface area contributed by atoms with Gasteiger partial charge in [0.05, 0.1) is 16.1 Å². The van der Waals surface area contributed by atoms with Crippen molar-refractivity contribution in [3.05, 3.63) is 94.5 Å². The van der Waals surface area contributed by atoms with Crippen LogP contribution in [0, 0.1) is 6.92 Å². The largest absolute Gasteiger partial charge is 0.416 e. The molecule has 0 heterocycles. The second-order valence-corrected chi connectivity index (χ2v) is 13.5. The molecule has 1 N–H and O–H groups in total. The van der Waals surface area contributed by atoms with Gasteiger partial charge in [-0.05, 0) is 82.1 Å². The summed E-state index contributed by atoms with van der Waals surface area (Å²) in [6.45, 7) is 7.89. The van der Waals surface area contributed by atoms with Gasteiger partial charge in [0.25, 0.3) is 10.0 Å². The number of hydrogen-bond acceptors (Lipinski definition) is 4. The van der Waals surface area contributed by atoms with Crippen LogP contribution >= 0.6 is 11.6 Å². The maximum absolute atomic E-state index is 14.1. The van der Waals surface area contributed by atoms with Crippen molar-refractivity contribution in [1.29, 1.82) is 0 Å². The summed E-state index contributed by atoms with van der Waals surface area (Å²) in [7, 11) is -4.52. The highest BCUT2D eigenvalue weighted by Crippen LogP contribution is 2.33. The fourth-order valence-corrected chi connectivity index (χ4v) is 5.89. The molecule has 2 amide bonds. The molecular formula is C31H35ClF3N3O4S. The first-order valence-corrected chi connectivity index (χ1v) is 15.4. The highest BCUT2D eigenvalue weighted by atomic mass is 35.5. The average Bonchev–Trinajstić information content (AvgIpc) is 2.91. The van der Waals surface area contributed by atoms with Crippen LogP contribution in [0.4, 0.5) is 18.9 Å². The molecule has 1 unspecified atom stereocenters. The van der Waals surface area contributed by atoms with Gasteiger partial charge in [-0.2, -0.15) is 13.2 Å². The number of carbonyl (C=O) groups is 2. The number of rotatable bonds is 10. The van der Waals surface area contributed by atoms with Gasteiger partial charge in [0.15, 0.2) is 0 Å². The normalized spacial score (nSPS) is 12.9. The van der Waals surface area contributed by atoms with Crippen molar-refractivity contribution in [3.8, 4) is 0 Å². The number of carbonyl (C=O) groups excluding carboxylic acids is 2. The first kappa shape index (κ1) is 33.9. The Balaban J connectivity index is 2.13. The second kappa shape index (κ2) is 13.4. The zero-order valence-electron chi connectivity index (χ0n) is 24.6. The lowest BCUT2D eigenvalue weighted by Gasteiger charge is -2.35. The van der Waals surface area contributed by atoms with Gasteiger partial charge in [-0.15, -0.1) is 0 Å². The average molecular weight is 638 g/mol. The highest BCUT2D eigenvalue weighted by molar-refractivity contribution is 7.92. The minimum atomic E-state index is -4.75. The Morgan fingerprint density at radius 3 is 2.09 bits per heavy atom. The minimum Gasteiger partial charge on any atom is -0.350 e. The van der Waals surface area contributed by atoms with Crippen LogP contribution in [0.3, 0.4) is 0 Å². The van der Waals surface area contributed by atoms with E-state index >= 15 is 0 Å². The molecule has 232 valence electrons. The van der Waals surface area contributed by atoms with E-state index in [0.717, 1.165) is 17.7 Å². The summed E-state index contributed by atoms with van der Waals surface area (Å²) in [5.41, 5.74) is -0.659. The number of nitrogens with zero attached hydrogens (tertiary/aromatic N) is 2. The van der Waals surface area contributed by atoms with Gasteiger partial charge >= 0.3 is 6.18 Å². The highest BCUT2D eigenvalue weighted by Gasteiger charge is 2.36. The fraction of sp³-hybridized carbons (Fsp3) is 0.355. The molecule has 0 aliphatic heterocycles. The number of hydrogen-bond donors (Lipinski definition) is 1. The maximum atomic E-state index is 14.1. The van der Waals surface area contributed by atoms with Gasteiger partial charge in [-0.1, -0.05) is 54.4 Å². The predicted octanol–water partition coefficient (Wildman–Crippen LogP) is 6.58. The summed E-state index contributed by atoms with van der Waals surface area (Å²) in [4.78, 5) is 28.5. The Labute approximate surface area is 255 Å². The molecular weight excluding hydrogens is 603 g/mol. The van der Waals surface area contributed by atoms with Crippen LogP contribution in [0.1, 0.15) is 50.8 Å². The van der Waals surface area contributed by atoms with E-state index < -0.39 is 51.7 Å². The molecule has 0 radical (unpaired) electrons. The standard InChI is InChI=1S/C31H35ClF3N3O4S/c1-6-27(29(40)36-30(3,4)5)37(19-22-12-14-24(32)15-13-22)28(39)20-38(25-9-7-8-23(18-25)31(33,34)35)43(41,42)26-16-10-21(2)11-17-26/h7-18,27H,6,19-20H2,1-5H3,(H,36,40). The molecule has 0 aromatic heterocycles. The number of amides is 2. The Morgan fingerprint density at radius 1 is 0.953 bits per heavy atom. The summed E-state index contributed by atoms with van der Waals surface area (Å²) < 4.78 is 69.4. The fourth-order valence-electron chi connectivity index (χ4n) is 4.36. The topological polar surface area (TPSA) is 86.8 Å². The van der Waals surface area contributed by atoms with E-state index in [4.69, 9.17) is 11.6 Å². The second-order valence-electron chi connectivity index (χ2n) is 11.2. The van der Waals surface area contributed by atoms with Crippen LogP contribution in [0.15, 0.2) is 77.7 Å². The number of anilines is 1. The van der Waals surface area contributed by atoms with Gasteiger partial charge in [0, 0.05) is 17.1 Å². The lowest BCUT2D eigenvalue weighted by atomic mass is 10.1. The van der Waals surface area contributed by atoms with Crippen molar-refractivity contribution in [2.75, 3.05) is 10.8 Å². The van der Waals surface area contributed by atoms with Gasteiger partial charge in [-0.3, -0.25) is 13.9 Å². The molecule has 43 heavy (non-hydrogen) atoms. The summed E-state index contributed by atoms with van der Waals surface area (Å²) in [6, 6.07) is 15.1. The van der Waals surface area contributed by atoms with Crippen LogP contribution < -0.4 is 9.62 Å². The molecule has 0 bridgehead atoms. The lowest BCUT2D eigenvalue weighted by Crippen LogP contribution is -2.55. The Morgan fingerprint density at radius 2 is 1.56 bits per heavy atom. The molecule has 3 rings (SSSR count). The van der Waals surface area contributed by atoms with Crippen LogP contribution in [0.25, 0.3) is 0 Å². The summed E-state index contributed by atoms with van der Waals surface area (Å²) >= 11 is 6.03. The number of alkyl halides is 3. The third-order valence-corrected chi connectivity index (χ3v) is 8.54. The summed E-state index contributed by atoms with van der Waals surface area (Å²) in [5.74, 6) is -1.23. The van der Waals surface area contributed by atoms with Crippen LogP contribution in [-0.4, -0.2) is 43.3 Å². The van der Waals surface area contributed by atoms with Crippen LogP contribution in [-0.2, 0) is 32.3 Å². The molecule has 3 aromatic carbocycles. The molecule has 1 atom stereocenters. The lowest BCUT2D eigenvalue weighted by molar-refractivity contribution is -0.141. The van der Waals surface area contributed by atoms with Crippen LogP contribution in [0.5, 0.6) is 0 Å². The maximum Gasteiger partial charge on any atom is 0.416 e. The predicted molar refractivity (Wildman–Crippen MR) is 161 cm³/mol. The van der Waals surface area contributed by atoms with E-state index in [9.17, 15) is 31.2 Å². The Hall–Kier alpha value is -3.57. The smallest absolute Gasteiger partial charge is 0.350 e. The number of sulfonamides is 1. The molecule has 3 aromatic rings. The van der Waals surface area contributed by atoms with Crippen molar-refractivity contribution in [3.63, 3.8) is 0 Å². The van der Waals surface area contributed by atoms with Gasteiger partial charge in [-0.25, -0.2) is 8.42 Å². The Bertz CT molecular complexity index is 1540. The SMILES string of the molecule is CCC(C(=O)NC(C)(C)C)N(Cc1ccc(Cl)cc1)C(=O)CN(c1cccc(C(F)(F)F)c1)S(=O)(=O)c1ccc(C)cc1. The monoisotopic (exact) mass is 637 g/mol. The van der Waals surface area contributed by atoms with Crippen molar-refractivity contribution < 1.29 is 31.2 Å². The molecule has 0 aliphatic rings. The molecule has 0 fully saturated rings. The first-order valence-electron chi connectivity index (χ1n) is 13.5. The van der Waals surface area contributed by atoms with Crippen LogP contribution in [0.2, 0.25) is 5.02 Å². The zero-order chi connectivity index (χ0) is 32.2. The molecule has 0 aliphatic carbocycles. The number of halogens is 4. The molecule has 7 nitrogen and oxygen atoms in total. The first-order chi connectivity index (χ1) is 19.9. The van der Waals surface area contributed by atoms with Crippen molar-refractivity contribution in [2.24, 2.45) is 0 Å². The molecule has 12 heteroatoms. The van der Waals surface area contributed by atoms with Gasteiger partial charge in [0.1, 0.15) is 12.6 Å². The van der Waals surface area contributed by atoms with E-state index in [1.807, 2.05) is 0 Å². The molecule has 0 spiro atoms. The number of aryl methyl sites for hydroxylation is 1. The summed E-state index contributed by atoms with van der Waals surface area (Å²) in [6.07, 6.45) is -4.56. The third kappa shape index (κ3) is 8.96. The number of benzene rings is 3. The van der Waals surface area contributed by atoms with E-state index in [1.54, 1.807) is 71.0 Å². The van der Waals surface area contributed by atoms with E-state index in [0.29, 0.717) is 21.0 Å². The molecule has 0 saturated heterocycles. The van der Waals surface area contributed by atoms with Gasteiger partial charge < -0.3 is 10.2 Å². The third-order valence-electron chi connectivity index (χ3n) is 6.50. The van der Waals surface area contributed by atoms with Crippen molar-refractivity contribution >= 4 is 39.1 Å². The van der Waals surface area contributed by atoms with Crippen molar-refractivity contribution in [1.82, 2.24) is 10.2 Å². The quantitative estimate of drug-likeness (QED) is 0.272. The molecule has 0 saturated carbocycles. The number of nitrogens with one attached hydrogen (secondary N) is 1. The Kier molecular flexibility index (Phi) is 10.6. The van der Waals surface area contributed by atoms with Crippen molar-refractivity contribution in [2.45, 2.75) is 70.2 Å². The summed E-state index contributed by atoms with van der Waals surface area (Å²) in [5, 5.41) is 3.32. The van der Waals surface area contributed by atoms with E-state index in [2.05, 4.69) is 5.32 Å².